The molecule has 0 unspecified atom stereocenters. The molecule has 0 spiro atoms. The summed E-state index contributed by atoms with van der Waals surface area (Å²) in [7, 11) is 0. The van der Waals surface area contributed by atoms with Crippen molar-refractivity contribution < 1.29 is 19.0 Å². The normalized spacial score (nSPS) is 10.1. The lowest BCUT2D eigenvalue weighted by atomic mass is 10.2. The molecular weight excluding hydrogens is 498 g/mol. The van der Waals surface area contributed by atoms with Crippen molar-refractivity contribution in [1.29, 1.82) is 0 Å². The molecule has 5 nitrogen and oxygen atoms in total. The van der Waals surface area contributed by atoms with Crippen LogP contribution in [0.25, 0.3) is 0 Å². The van der Waals surface area contributed by atoms with E-state index in [-0.39, 0.29) is 37.2 Å². The summed E-state index contributed by atoms with van der Waals surface area (Å²) >= 11 is 3.58. The summed E-state index contributed by atoms with van der Waals surface area (Å²) < 4.78 is 25.6. The summed E-state index contributed by atoms with van der Waals surface area (Å²) in [4.78, 5) is 0. The highest BCUT2D eigenvalue weighted by Crippen LogP contribution is 2.37. The number of benzene rings is 2. The second-order valence-corrected chi connectivity index (χ2v) is 7.11. The molecule has 0 fully saturated rings. The van der Waals surface area contributed by atoms with Crippen LogP contribution in [0, 0.1) is 5.82 Å². The number of hydrogen-bond acceptors (Lipinski definition) is 5. The van der Waals surface area contributed by atoms with Gasteiger partial charge in [-0.1, -0.05) is 12.1 Å². The molecule has 0 aliphatic heterocycles. The molecule has 2 aromatic rings. The van der Waals surface area contributed by atoms with E-state index in [4.69, 9.17) is 14.6 Å². The Morgan fingerprint density at radius 3 is 2.33 bits per heavy atom. The molecule has 3 N–H and O–H groups in total. The van der Waals surface area contributed by atoms with Crippen LogP contribution >= 0.6 is 40.7 Å². The highest BCUT2D eigenvalue weighted by atomic mass is 79.9. The van der Waals surface area contributed by atoms with Crippen LogP contribution in [0.1, 0.15) is 24.5 Å². The zero-order valence-electron chi connectivity index (χ0n) is 17.0. The lowest BCUT2D eigenvalue weighted by Crippen LogP contribution is -2.23. The second kappa shape index (κ2) is 16.6. The van der Waals surface area contributed by atoms with Crippen molar-refractivity contribution in [3.05, 3.63) is 57.8 Å². The predicted molar refractivity (Wildman–Crippen MR) is 127 cm³/mol. The Morgan fingerprint density at radius 2 is 1.67 bits per heavy atom. The van der Waals surface area contributed by atoms with E-state index in [1.54, 1.807) is 12.1 Å². The third-order valence-electron chi connectivity index (χ3n) is 3.99. The first-order chi connectivity index (χ1) is 13.6. The maximum Gasteiger partial charge on any atom is 0.175 e. The number of aliphatic hydroxyl groups excluding tert-OH is 1. The highest BCUT2D eigenvalue weighted by molar-refractivity contribution is 9.10. The van der Waals surface area contributed by atoms with Gasteiger partial charge in [-0.25, -0.2) is 4.39 Å². The fourth-order valence-corrected chi connectivity index (χ4v) is 3.24. The average Bonchev–Trinajstić information content (AvgIpc) is 2.68. The lowest BCUT2D eigenvalue weighted by molar-refractivity contribution is 0.267. The van der Waals surface area contributed by atoms with Gasteiger partial charge in [-0.15, -0.1) is 24.8 Å². The number of aliphatic hydroxyl groups is 1. The van der Waals surface area contributed by atoms with E-state index in [2.05, 4.69) is 26.6 Å². The molecule has 0 aliphatic rings. The number of halogens is 4. The van der Waals surface area contributed by atoms with Crippen molar-refractivity contribution >= 4 is 40.7 Å². The Morgan fingerprint density at radius 1 is 0.967 bits per heavy atom. The Balaban J connectivity index is 0.00000420. The van der Waals surface area contributed by atoms with Gasteiger partial charge in [-0.3, -0.25) is 0 Å². The second-order valence-electron chi connectivity index (χ2n) is 6.26. The summed E-state index contributed by atoms with van der Waals surface area (Å²) in [6.07, 6.45) is 0.984. The minimum absolute atomic E-state index is 0. The Labute approximate surface area is 198 Å². The van der Waals surface area contributed by atoms with Gasteiger partial charge >= 0.3 is 0 Å². The zero-order valence-corrected chi connectivity index (χ0v) is 20.2. The van der Waals surface area contributed by atoms with Crippen LogP contribution < -0.4 is 20.1 Å². The van der Waals surface area contributed by atoms with Crippen molar-refractivity contribution in [3.8, 4) is 11.5 Å². The molecule has 0 radical (unpaired) electrons. The molecule has 9 heteroatoms. The van der Waals surface area contributed by atoms with Crippen molar-refractivity contribution in [2.45, 2.75) is 26.5 Å². The smallest absolute Gasteiger partial charge is 0.175 e. The summed E-state index contributed by atoms with van der Waals surface area (Å²) in [6.45, 7) is 6.06. The maximum atomic E-state index is 13.0. The third kappa shape index (κ3) is 10.3. The lowest BCUT2D eigenvalue weighted by Gasteiger charge is -2.16. The zero-order chi connectivity index (χ0) is 20.2. The van der Waals surface area contributed by atoms with Gasteiger partial charge in [-0.05, 0) is 77.8 Å². The van der Waals surface area contributed by atoms with Crippen LogP contribution in [0.15, 0.2) is 40.9 Å². The SMILES string of the molecule is CCOc1cc(CNCCCNCCO)cc(Br)c1OCc1ccc(F)cc1.Cl.Cl. The first-order valence-electron chi connectivity index (χ1n) is 9.48. The van der Waals surface area contributed by atoms with Crippen LogP contribution in [0.3, 0.4) is 0 Å². The number of ether oxygens (including phenoxy) is 2. The minimum atomic E-state index is -0.263. The summed E-state index contributed by atoms with van der Waals surface area (Å²) in [5.41, 5.74) is 1.98. The van der Waals surface area contributed by atoms with E-state index in [0.29, 0.717) is 31.3 Å². The van der Waals surface area contributed by atoms with E-state index >= 15 is 0 Å². The van der Waals surface area contributed by atoms with Crippen LogP contribution in [0.5, 0.6) is 11.5 Å². The number of nitrogens with one attached hydrogen (secondary N) is 2. The largest absolute Gasteiger partial charge is 0.490 e. The Hall–Kier alpha value is -1.09. The van der Waals surface area contributed by atoms with Crippen molar-refractivity contribution in [2.24, 2.45) is 0 Å². The van der Waals surface area contributed by atoms with Gasteiger partial charge in [-0.2, -0.15) is 0 Å². The van der Waals surface area contributed by atoms with Gasteiger partial charge in [0, 0.05) is 13.1 Å². The molecule has 170 valence electrons. The van der Waals surface area contributed by atoms with Crippen LogP contribution in [0.2, 0.25) is 0 Å². The molecule has 0 aromatic heterocycles. The molecule has 0 saturated heterocycles. The first kappa shape index (κ1) is 28.9. The number of hydrogen-bond donors (Lipinski definition) is 3. The van der Waals surface area contributed by atoms with Crippen molar-refractivity contribution in [2.75, 3.05) is 32.8 Å². The fourth-order valence-electron chi connectivity index (χ4n) is 2.64. The molecule has 30 heavy (non-hydrogen) atoms. The number of rotatable bonds is 13. The van der Waals surface area contributed by atoms with E-state index in [1.807, 2.05) is 19.1 Å². The Bertz CT molecular complexity index is 724. The van der Waals surface area contributed by atoms with Crippen LogP contribution in [-0.4, -0.2) is 38.0 Å². The molecule has 0 bridgehead atoms. The molecular formula is C21H30BrCl2FN2O3. The highest BCUT2D eigenvalue weighted by Gasteiger charge is 2.13. The summed E-state index contributed by atoms with van der Waals surface area (Å²) in [5.74, 6) is 1.06. The van der Waals surface area contributed by atoms with Gasteiger partial charge in [0.1, 0.15) is 12.4 Å². The van der Waals surface area contributed by atoms with E-state index in [1.165, 1.54) is 12.1 Å². The first-order valence-corrected chi connectivity index (χ1v) is 10.3. The van der Waals surface area contributed by atoms with Gasteiger partial charge < -0.3 is 25.2 Å². The molecule has 0 saturated carbocycles. The molecule has 2 rings (SSSR count). The fraction of sp³-hybridized carbons (Fsp3) is 0.429. The quantitative estimate of drug-likeness (QED) is 0.335. The summed E-state index contributed by atoms with van der Waals surface area (Å²) in [6, 6.07) is 10.2. The minimum Gasteiger partial charge on any atom is -0.490 e. The van der Waals surface area contributed by atoms with Gasteiger partial charge in [0.2, 0.25) is 0 Å². The predicted octanol–water partition coefficient (Wildman–Crippen LogP) is 4.47. The average molecular weight is 528 g/mol. The molecule has 0 atom stereocenters. The van der Waals surface area contributed by atoms with Gasteiger partial charge in [0.15, 0.2) is 11.5 Å². The standard InChI is InChI=1S/C21H28BrFN2O3.2ClH/c1-2-27-20-13-17(14-25-9-3-8-24-10-11-26)12-19(22)21(20)28-15-16-4-6-18(23)7-5-16;;/h4-7,12-13,24-26H,2-3,8-11,14-15H2,1H3;2*1H. The van der Waals surface area contributed by atoms with E-state index < -0.39 is 0 Å². The van der Waals surface area contributed by atoms with Crippen LogP contribution in [0.4, 0.5) is 4.39 Å². The van der Waals surface area contributed by atoms with Crippen molar-refractivity contribution in [3.63, 3.8) is 0 Å². The monoisotopic (exact) mass is 526 g/mol. The molecule has 0 amide bonds. The molecule has 0 aliphatic carbocycles. The van der Waals surface area contributed by atoms with Gasteiger partial charge in [0.05, 0.1) is 17.7 Å². The topological polar surface area (TPSA) is 62.8 Å². The van der Waals surface area contributed by atoms with Crippen molar-refractivity contribution in [1.82, 2.24) is 10.6 Å². The van der Waals surface area contributed by atoms with Gasteiger partial charge in [0.25, 0.3) is 0 Å². The summed E-state index contributed by atoms with van der Waals surface area (Å²) in [5, 5.41) is 15.3. The molecule has 0 heterocycles. The van der Waals surface area contributed by atoms with E-state index in [0.717, 1.165) is 41.7 Å². The Kier molecular flexibility index (Phi) is 16.0. The molecule has 2 aromatic carbocycles. The third-order valence-corrected chi connectivity index (χ3v) is 4.58. The van der Waals surface area contributed by atoms with Crippen LogP contribution in [-0.2, 0) is 13.2 Å². The van der Waals surface area contributed by atoms with E-state index in [9.17, 15) is 4.39 Å². The maximum absolute atomic E-state index is 13.0.